The lowest BCUT2D eigenvalue weighted by Crippen LogP contribution is -2.42. The van der Waals surface area contributed by atoms with E-state index in [0.29, 0.717) is 6.04 Å². The molecule has 3 rings (SSSR count). The number of pyridine rings is 1. The predicted octanol–water partition coefficient (Wildman–Crippen LogP) is 2.66. The lowest BCUT2D eigenvalue weighted by molar-refractivity contribution is 0.249. The summed E-state index contributed by atoms with van der Waals surface area (Å²) in [6, 6.07) is 8.85. The van der Waals surface area contributed by atoms with Gasteiger partial charge in [-0.2, -0.15) is 0 Å². The van der Waals surface area contributed by atoms with E-state index in [9.17, 15) is 0 Å². The molecule has 4 heteroatoms. The molecule has 1 aliphatic rings. The van der Waals surface area contributed by atoms with Crippen molar-refractivity contribution in [2.24, 2.45) is 0 Å². The number of nitrogens with two attached hydrogens (primary N) is 1. The molecule has 0 bridgehead atoms. The monoisotopic (exact) mass is 284 g/mol. The molecule has 1 saturated heterocycles. The van der Waals surface area contributed by atoms with Crippen LogP contribution in [0.2, 0.25) is 0 Å². The standard InChI is InChI=1S/C17H24N4/c1-12-10-17(19-16-5-4-13(18)11-15(12)16)21-8-6-14(7-9-21)20(2)3/h4-5,10-11,14H,6-9,18H2,1-3H3. The molecule has 0 atom stereocenters. The maximum atomic E-state index is 5.87. The van der Waals surface area contributed by atoms with Crippen LogP contribution in [0.1, 0.15) is 18.4 Å². The van der Waals surface area contributed by atoms with Crippen LogP contribution in [0.3, 0.4) is 0 Å². The van der Waals surface area contributed by atoms with Crippen LogP contribution in [-0.4, -0.2) is 43.1 Å². The average Bonchev–Trinajstić information content (AvgIpc) is 2.48. The van der Waals surface area contributed by atoms with Gasteiger partial charge in [-0.25, -0.2) is 4.98 Å². The fourth-order valence-electron chi connectivity index (χ4n) is 3.17. The third kappa shape index (κ3) is 2.81. The minimum Gasteiger partial charge on any atom is -0.399 e. The maximum absolute atomic E-state index is 5.87. The number of hydrogen-bond donors (Lipinski definition) is 1. The van der Waals surface area contributed by atoms with Gasteiger partial charge in [0, 0.05) is 30.2 Å². The fraction of sp³-hybridized carbons (Fsp3) is 0.471. The molecule has 112 valence electrons. The van der Waals surface area contributed by atoms with Gasteiger partial charge in [-0.05, 0) is 63.7 Å². The molecule has 21 heavy (non-hydrogen) atoms. The topological polar surface area (TPSA) is 45.4 Å². The van der Waals surface area contributed by atoms with Crippen molar-refractivity contribution < 1.29 is 0 Å². The van der Waals surface area contributed by atoms with Crippen LogP contribution in [0.4, 0.5) is 11.5 Å². The first kappa shape index (κ1) is 14.1. The molecule has 2 aromatic rings. The number of anilines is 2. The lowest BCUT2D eigenvalue weighted by Gasteiger charge is -2.36. The van der Waals surface area contributed by atoms with E-state index in [4.69, 9.17) is 10.7 Å². The summed E-state index contributed by atoms with van der Waals surface area (Å²) in [6.45, 7) is 4.30. The molecule has 2 N–H and O–H groups in total. The molecule has 1 aromatic carbocycles. The summed E-state index contributed by atoms with van der Waals surface area (Å²) < 4.78 is 0. The number of fused-ring (bicyclic) bond motifs is 1. The van der Waals surface area contributed by atoms with Gasteiger partial charge in [0.05, 0.1) is 5.52 Å². The Bertz CT molecular complexity index is 643. The van der Waals surface area contributed by atoms with Gasteiger partial charge in [-0.15, -0.1) is 0 Å². The third-order valence-corrected chi connectivity index (χ3v) is 4.54. The van der Waals surface area contributed by atoms with Crippen LogP contribution in [0.25, 0.3) is 10.9 Å². The molecule has 2 heterocycles. The second-order valence-electron chi connectivity index (χ2n) is 6.26. The highest BCUT2D eigenvalue weighted by Crippen LogP contribution is 2.26. The number of benzene rings is 1. The van der Waals surface area contributed by atoms with Crippen LogP contribution in [0.15, 0.2) is 24.3 Å². The number of nitrogen functional groups attached to an aromatic ring is 1. The van der Waals surface area contributed by atoms with Gasteiger partial charge < -0.3 is 15.5 Å². The highest BCUT2D eigenvalue weighted by molar-refractivity contribution is 5.86. The van der Waals surface area contributed by atoms with Gasteiger partial charge >= 0.3 is 0 Å². The SMILES string of the molecule is Cc1cc(N2CCC(N(C)C)CC2)nc2ccc(N)cc12. The Kier molecular flexibility index (Phi) is 3.72. The number of piperidine rings is 1. The minimum atomic E-state index is 0.697. The first-order valence-corrected chi connectivity index (χ1v) is 7.63. The van der Waals surface area contributed by atoms with Crippen molar-refractivity contribution in [1.82, 2.24) is 9.88 Å². The molecule has 1 fully saturated rings. The van der Waals surface area contributed by atoms with Crippen LogP contribution >= 0.6 is 0 Å². The zero-order chi connectivity index (χ0) is 15.0. The minimum absolute atomic E-state index is 0.697. The second-order valence-corrected chi connectivity index (χ2v) is 6.26. The average molecular weight is 284 g/mol. The molecule has 0 unspecified atom stereocenters. The van der Waals surface area contributed by atoms with E-state index < -0.39 is 0 Å². The lowest BCUT2D eigenvalue weighted by atomic mass is 10.0. The summed E-state index contributed by atoms with van der Waals surface area (Å²) in [7, 11) is 4.34. The van der Waals surface area contributed by atoms with Crippen molar-refractivity contribution in [1.29, 1.82) is 0 Å². The summed E-state index contributed by atoms with van der Waals surface area (Å²) in [4.78, 5) is 9.57. The van der Waals surface area contributed by atoms with Gasteiger partial charge in [-0.1, -0.05) is 0 Å². The molecule has 0 aliphatic carbocycles. The van der Waals surface area contributed by atoms with E-state index in [1.165, 1.54) is 18.4 Å². The van der Waals surface area contributed by atoms with E-state index in [1.807, 2.05) is 18.2 Å². The first-order valence-electron chi connectivity index (χ1n) is 7.63. The van der Waals surface area contributed by atoms with E-state index in [0.717, 1.165) is 35.5 Å². The molecule has 0 radical (unpaired) electrons. The normalized spacial score (nSPS) is 16.9. The highest BCUT2D eigenvalue weighted by Gasteiger charge is 2.21. The Balaban J connectivity index is 1.87. The molecule has 0 spiro atoms. The molecule has 1 aromatic heterocycles. The Hall–Kier alpha value is -1.81. The zero-order valence-electron chi connectivity index (χ0n) is 13.1. The van der Waals surface area contributed by atoms with E-state index >= 15 is 0 Å². The Morgan fingerprint density at radius 2 is 1.90 bits per heavy atom. The van der Waals surface area contributed by atoms with Crippen molar-refractivity contribution in [2.75, 3.05) is 37.8 Å². The molecule has 1 aliphatic heterocycles. The number of nitrogens with zero attached hydrogens (tertiary/aromatic N) is 3. The van der Waals surface area contributed by atoms with Gasteiger partial charge in [-0.3, -0.25) is 0 Å². The van der Waals surface area contributed by atoms with Crippen LogP contribution in [-0.2, 0) is 0 Å². The Labute approximate surface area is 126 Å². The van der Waals surface area contributed by atoms with Gasteiger partial charge in [0.25, 0.3) is 0 Å². The Morgan fingerprint density at radius 1 is 1.19 bits per heavy atom. The summed E-state index contributed by atoms with van der Waals surface area (Å²) in [5.41, 5.74) is 8.96. The van der Waals surface area contributed by atoms with Gasteiger partial charge in [0.15, 0.2) is 0 Å². The van der Waals surface area contributed by atoms with E-state index in [-0.39, 0.29) is 0 Å². The smallest absolute Gasteiger partial charge is 0.129 e. The number of rotatable bonds is 2. The second kappa shape index (κ2) is 5.53. The largest absolute Gasteiger partial charge is 0.399 e. The Morgan fingerprint density at radius 3 is 2.57 bits per heavy atom. The number of aryl methyl sites for hydroxylation is 1. The molecular weight excluding hydrogens is 260 g/mol. The highest BCUT2D eigenvalue weighted by atomic mass is 15.2. The first-order chi connectivity index (χ1) is 10.0. The summed E-state index contributed by atoms with van der Waals surface area (Å²) in [6.07, 6.45) is 2.40. The summed E-state index contributed by atoms with van der Waals surface area (Å²) in [5.74, 6) is 1.10. The van der Waals surface area contributed by atoms with Crippen LogP contribution in [0.5, 0.6) is 0 Å². The van der Waals surface area contributed by atoms with Crippen molar-refractivity contribution in [3.05, 3.63) is 29.8 Å². The van der Waals surface area contributed by atoms with Crippen LogP contribution in [0, 0.1) is 6.92 Å². The zero-order valence-corrected chi connectivity index (χ0v) is 13.1. The summed E-state index contributed by atoms with van der Waals surface area (Å²) in [5, 5.41) is 1.15. The number of hydrogen-bond acceptors (Lipinski definition) is 4. The van der Waals surface area contributed by atoms with E-state index in [2.05, 4.69) is 36.9 Å². The predicted molar refractivity (Wildman–Crippen MR) is 89.8 cm³/mol. The van der Waals surface area contributed by atoms with Crippen molar-refractivity contribution in [3.63, 3.8) is 0 Å². The molecule has 0 saturated carbocycles. The van der Waals surface area contributed by atoms with Gasteiger partial charge in [0.2, 0.25) is 0 Å². The molecule has 4 nitrogen and oxygen atoms in total. The van der Waals surface area contributed by atoms with Crippen molar-refractivity contribution in [3.8, 4) is 0 Å². The van der Waals surface area contributed by atoms with Crippen molar-refractivity contribution >= 4 is 22.4 Å². The number of aromatic nitrogens is 1. The summed E-state index contributed by atoms with van der Waals surface area (Å²) >= 11 is 0. The fourth-order valence-corrected chi connectivity index (χ4v) is 3.17. The van der Waals surface area contributed by atoms with Gasteiger partial charge in [0.1, 0.15) is 5.82 Å². The maximum Gasteiger partial charge on any atom is 0.129 e. The van der Waals surface area contributed by atoms with E-state index in [1.54, 1.807) is 0 Å². The molecule has 0 amide bonds. The quantitative estimate of drug-likeness (QED) is 0.861. The molecular formula is C17H24N4. The van der Waals surface area contributed by atoms with Crippen molar-refractivity contribution in [2.45, 2.75) is 25.8 Å². The van der Waals surface area contributed by atoms with Crippen LogP contribution < -0.4 is 10.6 Å². The third-order valence-electron chi connectivity index (χ3n) is 4.54.